The maximum absolute atomic E-state index is 14.7. The molecule has 1 saturated heterocycles. The summed E-state index contributed by atoms with van der Waals surface area (Å²) in [6.07, 6.45) is -1.80. The number of carbonyl (C=O) groups excluding carboxylic acids is 1. The summed E-state index contributed by atoms with van der Waals surface area (Å²) >= 11 is 5.09. The third kappa shape index (κ3) is 4.02. The molecule has 2 aliphatic rings. The van der Waals surface area contributed by atoms with Crippen LogP contribution in [0.15, 0.2) is 36.4 Å². The normalized spacial score (nSPS) is 20.4. The standard InChI is InChI=1S/C23H20F4N4OS/c1-29-21(33)16-9-8-15(11-18(16)24)31-20-5-3-2-4-19(20)30(22(31)32)14-7-6-13(12-28)17(10-14)23(25,26)27/h6-11,19-20H,2-5H2,1H3,(H,29,33)/t19-,20-/m0/s1. The molecule has 2 atom stereocenters. The number of halogens is 4. The van der Waals surface area contributed by atoms with Crippen LogP contribution in [0.3, 0.4) is 0 Å². The molecule has 10 heteroatoms. The fourth-order valence-electron chi connectivity index (χ4n) is 4.68. The van der Waals surface area contributed by atoms with Crippen molar-refractivity contribution >= 4 is 34.6 Å². The summed E-state index contributed by atoms with van der Waals surface area (Å²) in [5.41, 5.74) is -1.00. The Balaban J connectivity index is 1.77. The Hall–Kier alpha value is -3.19. The van der Waals surface area contributed by atoms with Gasteiger partial charge in [-0.3, -0.25) is 9.80 Å². The van der Waals surface area contributed by atoms with Gasteiger partial charge in [0.05, 0.1) is 29.3 Å². The van der Waals surface area contributed by atoms with Crippen LogP contribution in [-0.2, 0) is 6.18 Å². The number of carbonyl (C=O) groups is 1. The van der Waals surface area contributed by atoms with E-state index in [1.165, 1.54) is 28.0 Å². The number of hydrogen-bond donors (Lipinski definition) is 1. The van der Waals surface area contributed by atoms with Crippen molar-refractivity contribution in [2.45, 2.75) is 43.9 Å². The zero-order valence-corrected chi connectivity index (χ0v) is 18.4. The highest BCUT2D eigenvalue weighted by Gasteiger charge is 2.48. The molecule has 2 aromatic carbocycles. The van der Waals surface area contributed by atoms with Crippen LogP contribution in [0.5, 0.6) is 0 Å². The number of thiocarbonyl (C=S) groups is 1. The van der Waals surface area contributed by atoms with Gasteiger partial charge in [0.25, 0.3) is 0 Å². The van der Waals surface area contributed by atoms with Crippen molar-refractivity contribution in [2.24, 2.45) is 0 Å². The second kappa shape index (κ2) is 8.63. The first-order valence-corrected chi connectivity index (χ1v) is 10.8. The van der Waals surface area contributed by atoms with Crippen molar-refractivity contribution in [1.82, 2.24) is 5.32 Å². The molecule has 2 fully saturated rings. The monoisotopic (exact) mass is 476 g/mol. The predicted octanol–water partition coefficient (Wildman–Crippen LogP) is 5.37. The number of nitrogens with one attached hydrogen (secondary N) is 1. The van der Waals surface area contributed by atoms with E-state index in [1.807, 2.05) is 0 Å². The molecular formula is C23H20F4N4OS. The molecule has 1 aliphatic carbocycles. The number of hydrogen-bond acceptors (Lipinski definition) is 3. The highest BCUT2D eigenvalue weighted by molar-refractivity contribution is 7.80. The van der Waals surface area contributed by atoms with Crippen molar-refractivity contribution in [1.29, 1.82) is 5.26 Å². The quantitative estimate of drug-likeness (QED) is 0.478. The van der Waals surface area contributed by atoms with E-state index in [0.29, 0.717) is 18.5 Å². The molecule has 0 bridgehead atoms. The average Bonchev–Trinajstić information content (AvgIpc) is 3.09. The van der Waals surface area contributed by atoms with Crippen LogP contribution in [0, 0.1) is 17.1 Å². The van der Waals surface area contributed by atoms with Crippen molar-refractivity contribution in [3.63, 3.8) is 0 Å². The van der Waals surface area contributed by atoms with Crippen LogP contribution < -0.4 is 15.1 Å². The van der Waals surface area contributed by atoms with Gasteiger partial charge in [-0.25, -0.2) is 9.18 Å². The summed E-state index contributed by atoms with van der Waals surface area (Å²) in [6.45, 7) is 0. The maximum Gasteiger partial charge on any atom is 0.417 e. The number of rotatable bonds is 3. The van der Waals surface area contributed by atoms with Crippen LogP contribution >= 0.6 is 12.2 Å². The van der Waals surface area contributed by atoms with E-state index in [4.69, 9.17) is 17.5 Å². The Morgan fingerprint density at radius 1 is 1.09 bits per heavy atom. The Kier molecular flexibility index (Phi) is 6.01. The number of urea groups is 1. The summed E-state index contributed by atoms with van der Waals surface area (Å²) in [6, 6.07) is 7.96. The first kappa shape index (κ1) is 23.0. The van der Waals surface area contributed by atoms with Gasteiger partial charge in [0.1, 0.15) is 10.8 Å². The van der Waals surface area contributed by atoms with Crippen LogP contribution in [0.2, 0.25) is 0 Å². The van der Waals surface area contributed by atoms with E-state index in [-0.39, 0.29) is 28.3 Å². The molecule has 1 N–H and O–H groups in total. The fourth-order valence-corrected chi connectivity index (χ4v) is 4.85. The first-order valence-electron chi connectivity index (χ1n) is 10.4. The maximum atomic E-state index is 14.7. The van der Waals surface area contributed by atoms with Crippen LogP contribution in [0.1, 0.15) is 42.4 Å². The second-order valence-electron chi connectivity index (χ2n) is 8.02. The lowest BCUT2D eigenvalue weighted by molar-refractivity contribution is -0.137. The summed E-state index contributed by atoms with van der Waals surface area (Å²) in [7, 11) is 1.58. The smallest absolute Gasteiger partial charge is 0.379 e. The van der Waals surface area contributed by atoms with Crippen LogP contribution in [0.4, 0.5) is 33.7 Å². The number of alkyl halides is 3. The van der Waals surface area contributed by atoms with Gasteiger partial charge in [0, 0.05) is 24.0 Å². The van der Waals surface area contributed by atoms with Gasteiger partial charge in [-0.15, -0.1) is 0 Å². The number of anilines is 2. The van der Waals surface area contributed by atoms with E-state index in [2.05, 4.69) is 5.32 Å². The molecule has 1 aliphatic heterocycles. The number of nitrogens with zero attached hydrogens (tertiary/aromatic N) is 3. The van der Waals surface area contributed by atoms with Gasteiger partial charge in [0.15, 0.2) is 0 Å². The van der Waals surface area contributed by atoms with Crippen molar-refractivity contribution in [3.8, 4) is 6.07 Å². The second-order valence-corrected chi connectivity index (χ2v) is 8.43. The topological polar surface area (TPSA) is 59.4 Å². The molecule has 1 saturated carbocycles. The number of fused-ring (bicyclic) bond motifs is 1. The molecule has 0 unspecified atom stereocenters. The van der Waals surface area contributed by atoms with Gasteiger partial charge in [-0.1, -0.05) is 25.1 Å². The van der Waals surface area contributed by atoms with E-state index in [1.54, 1.807) is 19.2 Å². The lowest BCUT2D eigenvalue weighted by Crippen LogP contribution is -2.40. The molecular weight excluding hydrogens is 456 g/mol. The van der Waals surface area contributed by atoms with E-state index in [9.17, 15) is 22.4 Å². The molecule has 1 heterocycles. The third-order valence-electron chi connectivity index (χ3n) is 6.18. The SMILES string of the molecule is CNC(=S)c1ccc(N2C(=O)N(c3ccc(C#N)c(C(F)(F)F)c3)[C@H]3CCCC[C@@H]32)cc1F. The van der Waals surface area contributed by atoms with Crippen LogP contribution in [-0.4, -0.2) is 30.2 Å². The van der Waals surface area contributed by atoms with Gasteiger partial charge in [-0.05, 0) is 49.2 Å². The van der Waals surface area contributed by atoms with Gasteiger partial charge < -0.3 is 5.32 Å². The van der Waals surface area contributed by atoms with Crippen LogP contribution in [0.25, 0.3) is 0 Å². The zero-order valence-electron chi connectivity index (χ0n) is 17.6. The molecule has 4 rings (SSSR count). The highest BCUT2D eigenvalue weighted by Crippen LogP contribution is 2.42. The van der Waals surface area contributed by atoms with Crippen molar-refractivity contribution in [3.05, 3.63) is 58.9 Å². The minimum atomic E-state index is -4.74. The van der Waals surface area contributed by atoms with E-state index in [0.717, 1.165) is 25.0 Å². The molecule has 33 heavy (non-hydrogen) atoms. The van der Waals surface area contributed by atoms with Crippen molar-refractivity contribution < 1.29 is 22.4 Å². The lowest BCUT2D eigenvalue weighted by atomic mass is 9.89. The Morgan fingerprint density at radius 3 is 2.18 bits per heavy atom. The molecule has 5 nitrogen and oxygen atoms in total. The summed E-state index contributed by atoms with van der Waals surface area (Å²) < 4.78 is 55.3. The van der Waals surface area contributed by atoms with Crippen molar-refractivity contribution in [2.75, 3.05) is 16.8 Å². The number of amides is 2. The number of benzene rings is 2. The highest BCUT2D eigenvalue weighted by atomic mass is 32.1. The first-order chi connectivity index (χ1) is 15.7. The summed E-state index contributed by atoms with van der Waals surface area (Å²) in [5.74, 6) is -0.594. The fraction of sp³-hybridized carbons (Fsp3) is 0.348. The third-order valence-corrected chi connectivity index (χ3v) is 6.60. The molecule has 0 radical (unpaired) electrons. The zero-order chi connectivity index (χ0) is 23.9. The van der Waals surface area contributed by atoms with Gasteiger partial charge in [0.2, 0.25) is 0 Å². The summed E-state index contributed by atoms with van der Waals surface area (Å²) in [4.78, 5) is 16.6. The van der Waals surface area contributed by atoms with Gasteiger partial charge in [-0.2, -0.15) is 18.4 Å². The predicted molar refractivity (Wildman–Crippen MR) is 120 cm³/mol. The molecule has 0 aromatic heterocycles. The molecule has 0 spiro atoms. The Labute approximate surface area is 193 Å². The minimum absolute atomic E-state index is 0.0687. The lowest BCUT2D eigenvalue weighted by Gasteiger charge is -2.32. The van der Waals surface area contributed by atoms with E-state index >= 15 is 0 Å². The molecule has 172 valence electrons. The molecule has 2 amide bonds. The van der Waals surface area contributed by atoms with Gasteiger partial charge >= 0.3 is 12.2 Å². The molecule has 2 aromatic rings. The summed E-state index contributed by atoms with van der Waals surface area (Å²) in [5, 5.41) is 11.8. The largest absolute Gasteiger partial charge is 0.417 e. The number of nitriles is 1. The Morgan fingerprint density at radius 2 is 1.67 bits per heavy atom. The Bertz CT molecular complexity index is 1160. The minimum Gasteiger partial charge on any atom is -0.379 e. The van der Waals surface area contributed by atoms with E-state index < -0.39 is 29.2 Å². The average molecular weight is 476 g/mol.